The van der Waals surface area contributed by atoms with Gasteiger partial charge in [-0.05, 0) is 24.6 Å². The molecule has 0 bridgehead atoms. The van der Waals surface area contributed by atoms with Crippen molar-refractivity contribution in [2.24, 2.45) is 0 Å². The third-order valence-electron chi connectivity index (χ3n) is 4.10. The summed E-state index contributed by atoms with van der Waals surface area (Å²) in [5, 5.41) is 0.694. The van der Waals surface area contributed by atoms with Crippen LogP contribution in [0, 0.1) is 0 Å². The Kier molecular flexibility index (Phi) is 4.48. The van der Waals surface area contributed by atoms with E-state index >= 15 is 0 Å². The molecule has 1 saturated heterocycles. The number of fused-ring (bicyclic) bond motifs is 1. The van der Waals surface area contributed by atoms with Gasteiger partial charge < -0.3 is 9.47 Å². The van der Waals surface area contributed by atoms with E-state index in [1.165, 1.54) is 11.3 Å². The standard InChI is InChI=1S/C15H20BrNO2S/c1-10-11(2)20-6-3-17(10)9-12-7-14-15(8-13(12)16)19-5-4-18-14/h7-8,10-11H,3-6,9H2,1-2H3. The molecule has 1 fully saturated rings. The molecule has 0 radical (unpaired) electrons. The average molecular weight is 358 g/mol. The lowest BCUT2D eigenvalue weighted by Crippen LogP contribution is -2.44. The highest BCUT2D eigenvalue weighted by molar-refractivity contribution is 9.10. The van der Waals surface area contributed by atoms with E-state index < -0.39 is 0 Å². The summed E-state index contributed by atoms with van der Waals surface area (Å²) in [4.78, 5) is 2.55. The lowest BCUT2D eigenvalue weighted by molar-refractivity contribution is 0.170. The van der Waals surface area contributed by atoms with Gasteiger partial charge in [0.15, 0.2) is 11.5 Å². The van der Waals surface area contributed by atoms with Crippen LogP contribution in [0.2, 0.25) is 0 Å². The largest absolute Gasteiger partial charge is 0.486 e. The molecule has 1 aromatic rings. The molecule has 5 heteroatoms. The van der Waals surface area contributed by atoms with Gasteiger partial charge in [0, 0.05) is 34.6 Å². The minimum atomic E-state index is 0.605. The first kappa shape index (κ1) is 14.5. The fourth-order valence-corrected chi connectivity index (χ4v) is 4.27. The average Bonchev–Trinajstić information content (AvgIpc) is 2.44. The van der Waals surface area contributed by atoms with Crippen molar-refractivity contribution in [1.82, 2.24) is 4.90 Å². The number of thioether (sulfide) groups is 1. The summed E-state index contributed by atoms with van der Waals surface area (Å²) in [6, 6.07) is 4.77. The summed E-state index contributed by atoms with van der Waals surface area (Å²) in [5.74, 6) is 2.94. The number of halogens is 1. The third kappa shape index (κ3) is 2.95. The molecule has 2 aliphatic heterocycles. The Labute approximate surface area is 133 Å². The van der Waals surface area contributed by atoms with Gasteiger partial charge in [-0.15, -0.1) is 0 Å². The zero-order chi connectivity index (χ0) is 14.1. The summed E-state index contributed by atoms with van der Waals surface area (Å²) in [5.41, 5.74) is 1.28. The van der Waals surface area contributed by atoms with E-state index in [4.69, 9.17) is 9.47 Å². The summed E-state index contributed by atoms with van der Waals surface area (Å²) in [7, 11) is 0. The Balaban J connectivity index is 1.80. The molecule has 0 spiro atoms. The molecular weight excluding hydrogens is 338 g/mol. The van der Waals surface area contributed by atoms with Crippen LogP contribution in [0.3, 0.4) is 0 Å². The lowest BCUT2D eigenvalue weighted by atomic mass is 10.1. The highest BCUT2D eigenvalue weighted by Gasteiger charge is 2.26. The van der Waals surface area contributed by atoms with Gasteiger partial charge in [0.2, 0.25) is 0 Å². The van der Waals surface area contributed by atoms with Gasteiger partial charge in [-0.2, -0.15) is 11.8 Å². The summed E-state index contributed by atoms with van der Waals surface area (Å²) in [6.45, 7) is 8.03. The highest BCUT2D eigenvalue weighted by atomic mass is 79.9. The molecular formula is C15H20BrNO2S. The molecule has 0 saturated carbocycles. The Morgan fingerprint density at radius 2 is 1.95 bits per heavy atom. The predicted octanol–water partition coefficient (Wildman–Crippen LogP) is 3.55. The van der Waals surface area contributed by atoms with Crippen LogP contribution in [0.4, 0.5) is 0 Å². The van der Waals surface area contributed by atoms with E-state index in [0.717, 1.165) is 29.1 Å². The Morgan fingerprint density at radius 1 is 1.25 bits per heavy atom. The topological polar surface area (TPSA) is 21.7 Å². The zero-order valence-electron chi connectivity index (χ0n) is 11.9. The molecule has 3 rings (SSSR count). The molecule has 20 heavy (non-hydrogen) atoms. The van der Waals surface area contributed by atoms with Crippen molar-refractivity contribution in [3.63, 3.8) is 0 Å². The van der Waals surface area contributed by atoms with Gasteiger partial charge in [0.1, 0.15) is 13.2 Å². The minimum absolute atomic E-state index is 0.605. The van der Waals surface area contributed by atoms with Crippen LogP contribution in [0.15, 0.2) is 16.6 Å². The number of hydrogen-bond donors (Lipinski definition) is 0. The fourth-order valence-electron chi connectivity index (χ4n) is 2.66. The van der Waals surface area contributed by atoms with Crippen molar-refractivity contribution in [2.45, 2.75) is 31.7 Å². The SMILES string of the molecule is CC1SCCN(Cc2cc3c(cc2Br)OCCO3)C1C. The zero-order valence-corrected chi connectivity index (χ0v) is 14.3. The minimum Gasteiger partial charge on any atom is -0.486 e. The van der Waals surface area contributed by atoms with Crippen molar-refractivity contribution < 1.29 is 9.47 Å². The third-order valence-corrected chi connectivity index (χ3v) is 6.18. The predicted molar refractivity (Wildman–Crippen MR) is 86.9 cm³/mol. The normalized spacial score (nSPS) is 26.6. The fraction of sp³-hybridized carbons (Fsp3) is 0.600. The van der Waals surface area contributed by atoms with Crippen molar-refractivity contribution >= 4 is 27.7 Å². The molecule has 0 amide bonds. The first-order chi connectivity index (χ1) is 9.65. The van der Waals surface area contributed by atoms with Crippen molar-refractivity contribution in [3.8, 4) is 11.5 Å². The molecule has 2 heterocycles. The Hall–Kier alpha value is -0.390. The van der Waals surface area contributed by atoms with Crippen LogP contribution in [0.1, 0.15) is 19.4 Å². The summed E-state index contributed by atoms with van der Waals surface area (Å²) in [6.07, 6.45) is 0. The first-order valence-electron chi connectivity index (χ1n) is 7.09. The summed E-state index contributed by atoms with van der Waals surface area (Å²) < 4.78 is 12.4. The number of ether oxygens (including phenoxy) is 2. The van der Waals surface area contributed by atoms with E-state index in [1.807, 2.05) is 6.07 Å². The van der Waals surface area contributed by atoms with Crippen LogP contribution in [-0.2, 0) is 6.54 Å². The second-order valence-electron chi connectivity index (χ2n) is 5.37. The van der Waals surface area contributed by atoms with Crippen LogP contribution >= 0.6 is 27.7 Å². The maximum absolute atomic E-state index is 5.69. The Morgan fingerprint density at radius 3 is 2.70 bits per heavy atom. The van der Waals surface area contributed by atoms with Gasteiger partial charge in [0.05, 0.1) is 0 Å². The maximum Gasteiger partial charge on any atom is 0.162 e. The van der Waals surface area contributed by atoms with Gasteiger partial charge in [0.25, 0.3) is 0 Å². The molecule has 2 unspecified atom stereocenters. The van der Waals surface area contributed by atoms with Gasteiger partial charge >= 0.3 is 0 Å². The maximum atomic E-state index is 5.69. The van der Waals surface area contributed by atoms with Crippen LogP contribution < -0.4 is 9.47 Å². The van der Waals surface area contributed by atoms with E-state index in [1.54, 1.807) is 0 Å². The molecule has 0 aromatic heterocycles. The summed E-state index contributed by atoms with van der Waals surface area (Å²) >= 11 is 5.74. The van der Waals surface area contributed by atoms with Crippen LogP contribution in [0.5, 0.6) is 11.5 Å². The van der Waals surface area contributed by atoms with E-state index in [-0.39, 0.29) is 0 Å². The van der Waals surface area contributed by atoms with Crippen molar-refractivity contribution in [2.75, 3.05) is 25.5 Å². The molecule has 1 aromatic carbocycles. The van der Waals surface area contributed by atoms with E-state index in [2.05, 4.69) is 52.5 Å². The molecule has 0 N–H and O–H groups in total. The monoisotopic (exact) mass is 357 g/mol. The molecule has 0 aliphatic carbocycles. The smallest absolute Gasteiger partial charge is 0.162 e. The molecule has 2 aliphatic rings. The molecule has 3 nitrogen and oxygen atoms in total. The number of benzene rings is 1. The second-order valence-corrected chi connectivity index (χ2v) is 7.71. The molecule has 2 atom stereocenters. The number of hydrogen-bond acceptors (Lipinski definition) is 4. The van der Waals surface area contributed by atoms with Crippen molar-refractivity contribution in [1.29, 1.82) is 0 Å². The number of rotatable bonds is 2. The lowest BCUT2D eigenvalue weighted by Gasteiger charge is -2.37. The van der Waals surface area contributed by atoms with Crippen molar-refractivity contribution in [3.05, 3.63) is 22.2 Å². The first-order valence-corrected chi connectivity index (χ1v) is 8.93. The highest BCUT2D eigenvalue weighted by Crippen LogP contribution is 2.37. The molecule has 110 valence electrons. The van der Waals surface area contributed by atoms with Gasteiger partial charge in [-0.25, -0.2) is 0 Å². The van der Waals surface area contributed by atoms with Gasteiger partial charge in [-0.3, -0.25) is 4.90 Å². The van der Waals surface area contributed by atoms with E-state index in [0.29, 0.717) is 24.5 Å². The van der Waals surface area contributed by atoms with Gasteiger partial charge in [-0.1, -0.05) is 22.9 Å². The quantitative estimate of drug-likeness (QED) is 0.806. The second kappa shape index (κ2) is 6.16. The van der Waals surface area contributed by atoms with Crippen LogP contribution in [0.25, 0.3) is 0 Å². The van der Waals surface area contributed by atoms with Crippen LogP contribution in [-0.4, -0.2) is 41.7 Å². The Bertz CT molecular complexity index is 497. The van der Waals surface area contributed by atoms with E-state index in [9.17, 15) is 0 Å². The number of nitrogens with zero attached hydrogens (tertiary/aromatic N) is 1.